The van der Waals surface area contributed by atoms with Gasteiger partial charge in [-0.3, -0.25) is 0 Å². The molecule has 1 heterocycles. The lowest BCUT2D eigenvalue weighted by molar-refractivity contribution is -0.915. The van der Waals surface area contributed by atoms with E-state index in [9.17, 15) is 0 Å². The zero-order chi connectivity index (χ0) is 16.5. The lowest BCUT2D eigenvalue weighted by atomic mass is 10.1. The molecule has 2 nitrogen and oxygen atoms in total. The third kappa shape index (κ3) is 2.95. The van der Waals surface area contributed by atoms with Gasteiger partial charge in [-0.15, -0.1) is 0 Å². The fourth-order valence-corrected chi connectivity index (χ4v) is 4.19. The Labute approximate surface area is 145 Å². The normalized spacial score (nSPS) is 16.1. The summed E-state index contributed by atoms with van der Waals surface area (Å²) < 4.78 is 2.44. The number of hydrogen-bond acceptors (Lipinski definition) is 0. The Morgan fingerprint density at radius 3 is 2.54 bits per heavy atom. The summed E-state index contributed by atoms with van der Waals surface area (Å²) in [7, 11) is 0. The molecular weight excluding hydrogens is 292 g/mol. The molecule has 1 aromatic heterocycles. The van der Waals surface area contributed by atoms with E-state index >= 15 is 0 Å². The van der Waals surface area contributed by atoms with Crippen LogP contribution in [-0.2, 0) is 13.1 Å². The van der Waals surface area contributed by atoms with E-state index in [4.69, 9.17) is 0 Å². The topological polar surface area (TPSA) is 9.37 Å². The highest BCUT2D eigenvalue weighted by molar-refractivity contribution is 6.08. The van der Waals surface area contributed by atoms with Gasteiger partial charge in [-0.2, -0.15) is 0 Å². The predicted octanol–water partition coefficient (Wildman–Crippen LogP) is 4.02. The maximum atomic E-state index is 2.45. The number of nitrogens with zero attached hydrogens (tertiary/aromatic N) is 1. The van der Waals surface area contributed by atoms with Gasteiger partial charge in [0.2, 0.25) is 0 Å². The fourth-order valence-electron chi connectivity index (χ4n) is 4.19. The van der Waals surface area contributed by atoms with Gasteiger partial charge in [0, 0.05) is 39.8 Å². The Kier molecular flexibility index (Phi) is 4.32. The van der Waals surface area contributed by atoms with Crippen LogP contribution in [0.5, 0.6) is 0 Å². The van der Waals surface area contributed by atoms with Crippen LogP contribution in [0.3, 0.4) is 0 Å². The molecule has 2 heteroatoms. The minimum atomic E-state index is 0.997. The molecule has 0 spiro atoms. The molecule has 0 amide bonds. The summed E-state index contributed by atoms with van der Waals surface area (Å²) in [6.07, 6.45) is 4.19. The highest BCUT2D eigenvalue weighted by Gasteiger charge is 2.26. The van der Waals surface area contributed by atoms with Crippen molar-refractivity contribution in [3.05, 3.63) is 48.0 Å². The van der Waals surface area contributed by atoms with Gasteiger partial charge >= 0.3 is 0 Å². The fraction of sp³-hybridized carbons (Fsp3) is 0.455. The molecule has 4 rings (SSSR count). The number of aryl methyl sites for hydroxylation is 1. The van der Waals surface area contributed by atoms with Crippen LogP contribution in [0, 0.1) is 5.92 Å². The summed E-state index contributed by atoms with van der Waals surface area (Å²) in [6.45, 7) is 9.41. The number of rotatable bonds is 7. The van der Waals surface area contributed by atoms with Crippen LogP contribution in [0.4, 0.5) is 0 Å². The van der Waals surface area contributed by atoms with Crippen LogP contribution in [0.15, 0.2) is 42.5 Å². The first-order valence-corrected chi connectivity index (χ1v) is 9.63. The largest absolute Gasteiger partial charge is 0.341 e. The molecule has 1 aliphatic carbocycles. The average molecular weight is 321 g/mol. The van der Waals surface area contributed by atoms with Gasteiger partial charge in [0.05, 0.1) is 13.1 Å². The molecule has 24 heavy (non-hydrogen) atoms. The molecule has 2 aromatic carbocycles. The number of para-hydroxylation sites is 1. The van der Waals surface area contributed by atoms with Gasteiger partial charge in [0.1, 0.15) is 6.54 Å². The summed E-state index contributed by atoms with van der Waals surface area (Å²) >= 11 is 0. The van der Waals surface area contributed by atoms with E-state index in [2.05, 4.69) is 60.9 Å². The molecule has 1 unspecified atom stereocenters. The summed E-state index contributed by atoms with van der Waals surface area (Å²) in [5.41, 5.74) is 4.23. The number of fused-ring (bicyclic) bond motifs is 3. The van der Waals surface area contributed by atoms with Crippen molar-refractivity contribution in [1.82, 2.24) is 4.57 Å². The molecule has 0 radical (unpaired) electrons. The first kappa shape index (κ1) is 15.7. The number of benzene rings is 2. The summed E-state index contributed by atoms with van der Waals surface area (Å²) in [6, 6.07) is 16.0. The monoisotopic (exact) mass is 321 g/mol. The van der Waals surface area contributed by atoms with Crippen LogP contribution < -0.4 is 4.90 Å². The summed E-state index contributed by atoms with van der Waals surface area (Å²) in [5.74, 6) is 0.997. The molecule has 0 aliphatic heterocycles. The number of nitrogens with one attached hydrogen (secondary N) is 1. The highest BCUT2D eigenvalue weighted by atomic mass is 15.1. The van der Waals surface area contributed by atoms with Crippen LogP contribution in [-0.4, -0.2) is 17.7 Å². The first-order valence-electron chi connectivity index (χ1n) is 9.63. The quantitative estimate of drug-likeness (QED) is 0.673. The van der Waals surface area contributed by atoms with Gasteiger partial charge in [-0.1, -0.05) is 31.2 Å². The van der Waals surface area contributed by atoms with Crippen molar-refractivity contribution in [2.75, 3.05) is 13.1 Å². The molecule has 1 aliphatic rings. The van der Waals surface area contributed by atoms with E-state index in [0.717, 1.165) is 12.5 Å². The SMILES string of the molecule is CCC[NH+](Cc1ccc2c(c1)c1ccccc1n2CC)CC1CC1. The molecule has 126 valence electrons. The Balaban J connectivity index is 1.70. The molecule has 1 fully saturated rings. The second-order valence-electron chi connectivity index (χ2n) is 7.44. The zero-order valence-electron chi connectivity index (χ0n) is 15.0. The van der Waals surface area contributed by atoms with Crippen LogP contribution >= 0.6 is 0 Å². The van der Waals surface area contributed by atoms with Crippen molar-refractivity contribution in [3.8, 4) is 0 Å². The van der Waals surface area contributed by atoms with Crippen LogP contribution in [0.25, 0.3) is 21.8 Å². The zero-order valence-corrected chi connectivity index (χ0v) is 15.0. The van der Waals surface area contributed by atoms with Crippen molar-refractivity contribution < 1.29 is 4.90 Å². The molecule has 1 N–H and O–H groups in total. The van der Waals surface area contributed by atoms with E-state index in [0.29, 0.717) is 0 Å². The minimum absolute atomic E-state index is 0.997. The molecule has 0 saturated heterocycles. The second-order valence-corrected chi connectivity index (χ2v) is 7.44. The Morgan fingerprint density at radius 2 is 1.79 bits per heavy atom. The van der Waals surface area contributed by atoms with Crippen LogP contribution in [0.1, 0.15) is 38.7 Å². The lowest BCUT2D eigenvalue weighted by Crippen LogP contribution is -3.11. The second kappa shape index (κ2) is 6.60. The third-order valence-corrected chi connectivity index (χ3v) is 5.48. The van der Waals surface area contributed by atoms with Crippen molar-refractivity contribution >= 4 is 21.8 Å². The van der Waals surface area contributed by atoms with E-state index in [1.165, 1.54) is 66.3 Å². The molecule has 3 aromatic rings. The van der Waals surface area contributed by atoms with E-state index in [-0.39, 0.29) is 0 Å². The van der Waals surface area contributed by atoms with Gasteiger partial charge in [0.15, 0.2) is 0 Å². The van der Waals surface area contributed by atoms with E-state index in [1.54, 1.807) is 4.90 Å². The standard InChI is InChI=1S/C22H28N2/c1-3-13-23(15-17-9-10-17)16-18-11-12-22-20(14-18)19-7-5-6-8-21(19)24(22)4-2/h5-8,11-12,14,17H,3-4,9-10,13,15-16H2,1-2H3/p+1. The number of aromatic nitrogens is 1. The molecule has 1 atom stereocenters. The summed E-state index contributed by atoms with van der Waals surface area (Å²) in [5, 5.41) is 2.82. The highest BCUT2D eigenvalue weighted by Crippen LogP contribution is 2.30. The van der Waals surface area contributed by atoms with Gasteiger partial charge in [0.25, 0.3) is 0 Å². The van der Waals surface area contributed by atoms with Crippen LogP contribution in [0.2, 0.25) is 0 Å². The maximum absolute atomic E-state index is 2.45. The van der Waals surface area contributed by atoms with Crippen molar-refractivity contribution in [1.29, 1.82) is 0 Å². The minimum Gasteiger partial charge on any atom is -0.341 e. The van der Waals surface area contributed by atoms with Gasteiger partial charge in [-0.05, 0) is 44.4 Å². The van der Waals surface area contributed by atoms with E-state index in [1.807, 2.05) is 0 Å². The average Bonchev–Trinajstić information content (AvgIpc) is 3.35. The lowest BCUT2D eigenvalue weighted by Gasteiger charge is -2.19. The first-order chi connectivity index (χ1) is 11.8. The van der Waals surface area contributed by atoms with Crippen molar-refractivity contribution in [3.63, 3.8) is 0 Å². The smallest absolute Gasteiger partial charge is 0.103 e. The Bertz CT molecular complexity index is 842. The number of quaternary nitrogens is 1. The molecular formula is C22H29N2+. The third-order valence-electron chi connectivity index (χ3n) is 5.48. The number of hydrogen-bond donors (Lipinski definition) is 1. The Hall–Kier alpha value is -1.80. The summed E-state index contributed by atoms with van der Waals surface area (Å²) in [4.78, 5) is 1.76. The predicted molar refractivity (Wildman–Crippen MR) is 103 cm³/mol. The van der Waals surface area contributed by atoms with Gasteiger partial charge in [-0.25, -0.2) is 0 Å². The van der Waals surface area contributed by atoms with Crippen molar-refractivity contribution in [2.24, 2.45) is 5.92 Å². The molecule has 1 saturated carbocycles. The molecule has 0 bridgehead atoms. The Morgan fingerprint density at radius 1 is 1.00 bits per heavy atom. The van der Waals surface area contributed by atoms with Gasteiger partial charge < -0.3 is 9.47 Å². The maximum Gasteiger partial charge on any atom is 0.103 e. The van der Waals surface area contributed by atoms with E-state index < -0.39 is 0 Å². The van der Waals surface area contributed by atoms with Crippen molar-refractivity contribution in [2.45, 2.75) is 46.2 Å².